The number of piperidine rings is 1. The molecule has 192 valence electrons. The summed E-state index contributed by atoms with van der Waals surface area (Å²) < 4.78 is 46.8. The molecule has 3 aromatic rings. The lowest BCUT2D eigenvalue weighted by Crippen LogP contribution is -2.38. The van der Waals surface area contributed by atoms with E-state index in [0.717, 1.165) is 74.4 Å². The summed E-state index contributed by atoms with van der Waals surface area (Å²) in [5.41, 5.74) is 8.80. The van der Waals surface area contributed by atoms with Crippen LogP contribution >= 0.6 is 0 Å². The van der Waals surface area contributed by atoms with Crippen LogP contribution < -0.4 is 10.5 Å². The van der Waals surface area contributed by atoms with Crippen molar-refractivity contribution in [2.45, 2.75) is 50.3 Å². The van der Waals surface area contributed by atoms with Crippen LogP contribution in [0.3, 0.4) is 0 Å². The fourth-order valence-electron chi connectivity index (χ4n) is 5.16. The molecule has 1 aromatic carbocycles. The van der Waals surface area contributed by atoms with Gasteiger partial charge in [-0.3, -0.25) is 4.79 Å². The zero-order valence-corrected chi connectivity index (χ0v) is 19.7. The Hall–Kier alpha value is -3.34. The third-order valence-corrected chi connectivity index (χ3v) is 6.99. The molecule has 3 N–H and O–H groups in total. The topological polar surface area (TPSA) is 106 Å². The van der Waals surface area contributed by atoms with Crippen molar-refractivity contribution in [3.05, 3.63) is 47.4 Å². The van der Waals surface area contributed by atoms with Gasteiger partial charge in [0.15, 0.2) is 5.65 Å². The van der Waals surface area contributed by atoms with E-state index in [1.807, 2.05) is 6.07 Å². The van der Waals surface area contributed by atoms with E-state index in [9.17, 15) is 18.0 Å². The van der Waals surface area contributed by atoms with Gasteiger partial charge in [-0.05, 0) is 61.8 Å². The number of nitrogens with two attached hydrogens (primary N) is 1. The molecule has 5 rings (SSSR count). The van der Waals surface area contributed by atoms with Crippen molar-refractivity contribution in [3.63, 3.8) is 0 Å². The number of rotatable bonds is 4. The molecular weight excluding hydrogens is 475 g/mol. The molecule has 0 spiro atoms. The van der Waals surface area contributed by atoms with E-state index >= 15 is 0 Å². The molecule has 1 amide bonds. The molecule has 1 unspecified atom stereocenters. The molecule has 0 bridgehead atoms. The van der Waals surface area contributed by atoms with Crippen molar-refractivity contribution in [2.75, 3.05) is 32.0 Å². The number of carbonyl (C=O) groups is 1. The molecule has 2 fully saturated rings. The SMILES string of the molecule is Nc1cc(OC(F)(F)F)ccc1C(=O)N1CCC(c2ccnc3nc(C4CCCOCC4)[nH]c23)CC1. The number of carbonyl (C=O) groups excluding carboxylic acids is 1. The van der Waals surface area contributed by atoms with Crippen LogP contribution in [0, 0.1) is 0 Å². The number of pyridine rings is 1. The number of nitrogens with one attached hydrogen (secondary N) is 1. The number of anilines is 1. The Kier molecular flexibility index (Phi) is 6.74. The van der Waals surface area contributed by atoms with Gasteiger partial charge in [-0.2, -0.15) is 0 Å². The van der Waals surface area contributed by atoms with Gasteiger partial charge in [0.25, 0.3) is 5.91 Å². The molecule has 11 heteroatoms. The Bertz CT molecular complexity index is 1230. The molecule has 2 aromatic heterocycles. The number of nitrogen functional groups attached to an aromatic ring is 1. The molecule has 36 heavy (non-hydrogen) atoms. The van der Waals surface area contributed by atoms with Crippen LogP contribution in [0.15, 0.2) is 30.5 Å². The number of amides is 1. The molecule has 8 nitrogen and oxygen atoms in total. The van der Waals surface area contributed by atoms with Crippen LogP contribution in [0.1, 0.15) is 65.7 Å². The quantitative estimate of drug-likeness (QED) is 0.498. The predicted octanol–water partition coefficient (Wildman–Crippen LogP) is 4.74. The van der Waals surface area contributed by atoms with E-state index in [1.54, 1.807) is 11.1 Å². The fraction of sp³-hybridized carbons (Fsp3) is 0.480. The summed E-state index contributed by atoms with van der Waals surface area (Å²) in [4.78, 5) is 27.5. The highest BCUT2D eigenvalue weighted by atomic mass is 19.4. The summed E-state index contributed by atoms with van der Waals surface area (Å²) in [6.07, 6.45) is 1.41. The summed E-state index contributed by atoms with van der Waals surface area (Å²) >= 11 is 0. The van der Waals surface area contributed by atoms with Gasteiger partial charge >= 0.3 is 6.36 Å². The molecular formula is C25H28F3N5O3. The number of fused-ring (bicyclic) bond motifs is 1. The highest BCUT2D eigenvalue weighted by molar-refractivity contribution is 5.99. The Morgan fingerprint density at radius 2 is 1.92 bits per heavy atom. The highest BCUT2D eigenvalue weighted by Gasteiger charge is 2.32. The maximum Gasteiger partial charge on any atom is 0.573 e. The number of aromatic amines is 1. The zero-order valence-electron chi connectivity index (χ0n) is 19.7. The third-order valence-electron chi connectivity index (χ3n) is 6.99. The summed E-state index contributed by atoms with van der Waals surface area (Å²) in [7, 11) is 0. The van der Waals surface area contributed by atoms with Gasteiger partial charge in [0, 0.05) is 50.2 Å². The Morgan fingerprint density at radius 1 is 1.11 bits per heavy atom. The lowest BCUT2D eigenvalue weighted by molar-refractivity contribution is -0.274. The van der Waals surface area contributed by atoms with E-state index in [-0.39, 0.29) is 23.1 Å². The Labute approximate surface area is 206 Å². The van der Waals surface area contributed by atoms with Gasteiger partial charge in [0.05, 0.1) is 11.1 Å². The third kappa shape index (κ3) is 5.25. The first-order valence-electron chi connectivity index (χ1n) is 12.2. The second-order valence-electron chi connectivity index (χ2n) is 9.32. The van der Waals surface area contributed by atoms with Gasteiger partial charge in [-0.25, -0.2) is 9.97 Å². The number of benzene rings is 1. The molecule has 2 aliphatic heterocycles. The molecule has 4 heterocycles. The first-order chi connectivity index (χ1) is 17.3. The second-order valence-corrected chi connectivity index (χ2v) is 9.32. The van der Waals surface area contributed by atoms with Crippen molar-refractivity contribution in [2.24, 2.45) is 0 Å². The fourth-order valence-corrected chi connectivity index (χ4v) is 5.16. The minimum Gasteiger partial charge on any atom is -0.406 e. The van der Waals surface area contributed by atoms with Crippen LogP contribution in [-0.4, -0.2) is 58.4 Å². The molecule has 2 aliphatic rings. The molecule has 1 atom stereocenters. The van der Waals surface area contributed by atoms with Crippen molar-refractivity contribution < 1.29 is 27.4 Å². The minimum atomic E-state index is -4.82. The van der Waals surface area contributed by atoms with Crippen LogP contribution in [0.2, 0.25) is 0 Å². The summed E-state index contributed by atoms with van der Waals surface area (Å²) in [5.74, 6) is 0.755. The maximum atomic E-state index is 13.0. The van der Waals surface area contributed by atoms with E-state index in [4.69, 9.17) is 15.5 Å². The second kappa shape index (κ2) is 9.96. The lowest BCUT2D eigenvalue weighted by Gasteiger charge is -2.32. The lowest BCUT2D eigenvalue weighted by atomic mass is 9.89. The largest absolute Gasteiger partial charge is 0.573 e. The van der Waals surface area contributed by atoms with Crippen LogP contribution in [0.4, 0.5) is 18.9 Å². The summed E-state index contributed by atoms with van der Waals surface area (Å²) in [5, 5.41) is 0. The molecule has 0 aliphatic carbocycles. The predicted molar refractivity (Wildman–Crippen MR) is 127 cm³/mol. The van der Waals surface area contributed by atoms with E-state index in [0.29, 0.717) is 24.7 Å². The van der Waals surface area contributed by atoms with E-state index in [1.165, 1.54) is 6.07 Å². The van der Waals surface area contributed by atoms with Gasteiger partial charge in [0.1, 0.15) is 11.6 Å². The van der Waals surface area contributed by atoms with E-state index < -0.39 is 12.1 Å². The number of imidazole rings is 1. The van der Waals surface area contributed by atoms with Gasteiger partial charge in [0.2, 0.25) is 0 Å². The van der Waals surface area contributed by atoms with Crippen molar-refractivity contribution in [3.8, 4) is 5.75 Å². The number of hydrogen-bond donors (Lipinski definition) is 2. The average molecular weight is 504 g/mol. The van der Waals surface area contributed by atoms with Crippen molar-refractivity contribution in [1.29, 1.82) is 0 Å². The first kappa shape index (κ1) is 24.4. The number of halogens is 3. The number of ether oxygens (including phenoxy) is 2. The zero-order chi connectivity index (χ0) is 25.3. The monoisotopic (exact) mass is 503 g/mol. The Balaban J connectivity index is 1.27. The van der Waals surface area contributed by atoms with E-state index in [2.05, 4.69) is 14.7 Å². The maximum absolute atomic E-state index is 13.0. The normalized spacial score (nSPS) is 19.9. The van der Waals surface area contributed by atoms with Crippen LogP contribution in [0.25, 0.3) is 11.2 Å². The number of aromatic nitrogens is 3. The number of H-pyrrole nitrogens is 1. The van der Waals surface area contributed by atoms with Crippen molar-refractivity contribution in [1.82, 2.24) is 19.9 Å². The van der Waals surface area contributed by atoms with Crippen LogP contribution in [-0.2, 0) is 4.74 Å². The summed E-state index contributed by atoms with van der Waals surface area (Å²) in [6.45, 7) is 2.54. The van der Waals surface area contributed by atoms with Gasteiger partial charge in [-0.15, -0.1) is 13.2 Å². The molecule has 0 saturated carbocycles. The minimum absolute atomic E-state index is 0.0476. The molecule has 2 saturated heterocycles. The standard InChI is InChI=1S/C25H28F3N5O3/c26-25(27,28)36-17-3-4-19(20(29)14-17)24(34)33-10-6-15(7-11-33)18-5-9-30-23-21(18)31-22(32-23)16-2-1-12-35-13-8-16/h3-5,9,14-16H,1-2,6-8,10-13,29H2,(H,30,31,32). The number of nitrogens with zero attached hydrogens (tertiary/aromatic N) is 3. The number of likely N-dealkylation sites (tertiary alicyclic amines) is 1. The Morgan fingerprint density at radius 3 is 2.67 bits per heavy atom. The summed E-state index contributed by atoms with van der Waals surface area (Å²) in [6, 6.07) is 5.42. The molecule has 0 radical (unpaired) electrons. The average Bonchev–Trinajstić information content (AvgIpc) is 3.09. The number of alkyl halides is 3. The smallest absolute Gasteiger partial charge is 0.406 e. The van der Waals surface area contributed by atoms with Gasteiger partial charge < -0.3 is 25.1 Å². The first-order valence-corrected chi connectivity index (χ1v) is 12.2. The highest BCUT2D eigenvalue weighted by Crippen LogP contribution is 2.35. The number of hydrogen-bond acceptors (Lipinski definition) is 6. The van der Waals surface area contributed by atoms with Crippen molar-refractivity contribution >= 4 is 22.8 Å². The van der Waals surface area contributed by atoms with Gasteiger partial charge in [-0.1, -0.05) is 0 Å². The van der Waals surface area contributed by atoms with Crippen LogP contribution in [0.5, 0.6) is 5.75 Å².